The fourth-order valence-electron chi connectivity index (χ4n) is 1.85. The molecule has 0 amide bonds. The zero-order valence-electron chi connectivity index (χ0n) is 11.9. The number of nitrogens with one attached hydrogen (secondary N) is 1. The van der Waals surface area contributed by atoms with E-state index in [1.54, 1.807) is 20.0 Å². The number of aromatic nitrogens is 1. The molecule has 0 saturated heterocycles. The summed E-state index contributed by atoms with van der Waals surface area (Å²) in [7, 11) is 0. The van der Waals surface area contributed by atoms with E-state index in [2.05, 4.69) is 10.3 Å². The first-order chi connectivity index (χ1) is 8.97. The van der Waals surface area contributed by atoms with Crippen molar-refractivity contribution in [2.24, 2.45) is 0 Å². The van der Waals surface area contributed by atoms with Crippen LogP contribution < -0.4 is 5.32 Å². The molecule has 6 heteroatoms. The van der Waals surface area contributed by atoms with Gasteiger partial charge in [-0.3, -0.25) is 15.1 Å². The van der Waals surface area contributed by atoms with Crippen molar-refractivity contribution in [1.82, 2.24) is 10.3 Å². The zero-order valence-corrected chi connectivity index (χ0v) is 11.9. The normalized spacial score (nSPS) is 12.4. The monoisotopic (exact) mass is 267 g/mol. The van der Waals surface area contributed by atoms with E-state index in [9.17, 15) is 10.1 Å². The second-order valence-electron chi connectivity index (χ2n) is 4.56. The highest BCUT2D eigenvalue weighted by molar-refractivity contribution is 5.47. The Morgan fingerprint density at radius 2 is 2.21 bits per heavy atom. The first-order valence-electron chi connectivity index (χ1n) is 6.38. The van der Waals surface area contributed by atoms with Gasteiger partial charge in [0.1, 0.15) is 0 Å². The summed E-state index contributed by atoms with van der Waals surface area (Å²) in [5, 5.41) is 14.3. The molecule has 6 nitrogen and oxygen atoms in total. The Morgan fingerprint density at radius 3 is 2.79 bits per heavy atom. The van der Waals surface area contributed by atoms with Gasteiger partial charge >= 0.3 is 0 Å². The number of nitro groups is 1. The smallest absolute Gasteiger partial charge is 0.278 e. The van der Waals surface area contributed by atoms with Gasteiger partial charge in [-0.1, -0.05) is 0 Å². The van der Waals surface area contributed by atoms with Crippen LogP contribution in [0.5, 0.6) is 0 Å². The Hall–Kier alpha value is -1.53. The third kappa shape index (κ3) is 4.25. The lowest BCUT2D eigenvalue weighted by molar-refractivity contribution is -0.386. The van der Waals surface area contributed by atoms with Crippen molar-refractivity contribution >= 4 is 5.69 Å². The number of aryl methyl sites for hydroxylation is 1. The molecule has 0 spiro atoms. The van der Waals surface area contributed by atoms with Crippen LogP contribution in [0, 0.1) is 24.0 Å². The molecule has 0 radical (unpaired) electrons. The third-order valence-electron chi connectivity index (χ3n) is 2.95. The Bertz CT molecular complexity index is 449. The van der Waals surface area contributed by atoms with Gasteiger partial charge in [0.15, 0.2) is 0 Å². The van der Waals surface area contributed by atoms with Crippen molar-refractivity contribution in [2.45, 2.75) is 40.3 Å². The predicted molar refractivity (Wildman–Crippen MR) is 73.2 cm³/mol. The number of rotatable bonds is 7. The van der Waals surface area contributed by atoms with Crippen molar-refractivity contribution in [1.29, 1.82) is 0 Å². The average Bonchev–Trinajstić information content (AvgIpc) is 2.35. The maximum absolute atomic E-state index is 11.0. The number of pyridine rings is 1. The lowest BCUT2D eigenvalue weighted by atomic mass is 10.1. The fraction of sp³-hybridized carbons (Fsp3) is 0.615. The van der Waals surface area contributed by atoms with Crippen LogP contribution in [0.3, 0.4) is 0 Å². The van der Waals surface area contributed by atoms with Crippen LogP contribution in [0.4, 0.5) is 5.69 Å². The Morgan fingerprint density at radius 1 is 1.53 bits per heavy atom. The van der Waals surface area contributed by atoms with Gasteiger partial charge in [0.05, 0.1) is 17.2 Å². The maximum Gasteiger partial charge on any atom is 0.278 e. The van der Waals surface area contributed by atoms with Crippen molar-refractivity contribution in [3.05, 3.63) is 33.1 Å². The van der Waals surface area contributed by atoms with Crippen molar-refractivity contribution in [3.8, 4) is 0 Å². The van der Waals surface area contributed by atoms with Crippen molar-refractivity contribution < 1.29 is 9.66 Å². The Kier molecular flexibility index (Phi) is 5.85. The second-order valence-corrected chi connectivity index (χ2v) is 4.56. The topological polar surface area (TPSA) is 77.3 Å². The minimum Gasteiger partial charge on any atom is -0.380 e. The summed E-state index contributed by atoms with van der Waals surface area (Å²) in [6.07, 6.45) is 1.55. The number of ether oxygens (including phenoxy) is 1. The lowest BCUT2D eigenvalue weighted by Crippen LogP contribution is -2.30. The second kappa shape index (κ2) is 7.16. The van der Waals surface area contributed by atoms with E-state index >= 15 is 0 Å². The van der Waals surface area contributed by atoms with Gasteiger partial charge in [-0.05, 0) is 27.7 Å². The standard InChI is InChI=1S/C13H21N3O3/c1-5-19-8-10(3)14-7-12-11(4)13(16(17)18)9(2)6-15-12/h6,10,14H,5,7-8H2,1-4H3. The largest absolute Gasteiger partial charge is 0.380 e. The first kappa shape index (κ1) is 15.5. The molecule has 106 valence electrons. The van der Waals surface area contributed by atoms with E-state index in [0.29, 0.717) is 36.6 Å². The molecule has 19 heavy (non-hydrogen) atoms. The molecule has 0 fully saturated rings. The van der Waals surface area contributed by atoms with Gasteiger partial charge in [-0.25, -0.2) is 0 Å². The highest BCUT2D eigenvalue weighted by atomic mass is 16.6. The SMILES string of the molecule is CCOCC(C)NCc1ncc(C)c([N+](=O)[O-])c1C. The molecule has 0 aliphatic rings. The van der Waals surface area contributed by atoms with Crippen LogP contribution in [0.15, 0.2) is 6.20 Å². The molecule has 0 aliphatic heterocycles. The van der Waals surface area contributed by atoms with Gasteiger partial charge in [0, 0.05) is 36.5 Å². The molecule has 1 aromatic heterocycles. The van der Waals surface area contributed by atoms with E-state index in [1.807, 2.05) is 13.8 Å². The van der Waals surface area contributed by atoms with Crippen LogP contribution >= 0.6 is 0 Å². The van der Waals surface area contributed by atoms with E-state index in [-0.39, 0.29) is 16.7 Å². The van der Waals surface area contributed by atoms with Crippen molar-refractivity contribution in [2.75, 3.05) is 13.2 Å². The minimum absolute atomic E-state index is 0.157. The predicted octanol–water partition coefficient (Wildman–Crippen LogP) is 2.12. The highest BCUT2D eigenvalue weighted by Crippen LogP contribution is 2.23. The third-order valence-corrected chi connectivity index (χ3v) is 2.95. The van der Waals surface area contributed by atoms with E-state index in [4.69, 9.17) is 4.74 Å². The Balaban J connectivity index is 2.74. The summed E-state index contributed by atoms with van der Waals surface area (Å²) in [4.78, 5) is 14.9. The number of nitrogens with zero attached hydrogens (tertiary/aromatic N) is 2. The average molecular weight is 267 g/mol. The van der Waals surface area contributed by atoms with Gasteiger partial charge < -0.3 is 10.1 Å². The van der Waals surface area contributed by atoms with Crippen LogP contribution in [-0.4, -0.2) is 29.2 Å². The summed E-state index contributed by atoms with van der Waals surface area (Å²) in [5.41, 5.74) is 2.08. The molecule has 1 heterocycles. The molecular weight excluding hydrogens is 246 g/mol. The Labute approximate surface area is 113 Å². The van der Waals surface area contributed by atoms with E-state index in [1.165, 1.54) is 0 Å². The maximum atomic E-state index is 11.0. The summed E-state index contributed by atoms with van der Waals surface area (Å²) in [5.74, 6) is 0. The minimum atomic E-state index is -0.348. The van der Waals surface area contributed by atoms with Crippen molar-refractivity contribution in [3.63, 3.8) is 0 Å². The van der Waals surface area contributed by atoms with E-state index in [0.717, 1.165) is 0 Å². The first-order valence-corrected chi connectivity index (χ1v) is 6.38. The molecule has 1 N–H and O–H groups in total. The van der Waals surface area contributed by atoms with E-state index < -0.39 is 0 Å². The molecule has 1 aromatic rings. The zero-order chi connectivity index (χ0) is 14.4. The molecule has 0 bridgehead atoms. The lowest BCUT2D eigenvalue weighted by Gasteiger charge is -2.14. The highest BCUT2D eigenvalue weighted by Gasteiger charge is 2.18. The summed E-state index contributed by atoms with van der Waals surface area (Å²) in [6.45, 7) is 9.19. The molecule has 0 aromatic carbocycles. The molecule has 1 rings (SSSR count). The summed E-state index contributed by atoms with van der Waals surface area (Å²) >= 11 is 0. The van der Waals surface area contributed by atoms with Gasteiger partial charge in [0.25, 0.3) is 5.69 Å². The van der Waals surface area contributed by atoms with Crippen LogP contribution in [0.2, 0.25) is 0 Å². The molecule has 0 saturated carbocycles. The summed E-state index contributed by atoms with van der Waals surface area (Å²) in [6, 6.07) is 0.182. The molecule has 1 atom stereocenters. The molecule has 0 aliphatic carbocycles. The quantitative estimate of drug-likeness (QED) is 0.605. The number of hydrogen-bond acceptors (Lipinski definition) is 5. The van der Waals surface area contributed by atoms with Crippen LogP contribution in [0.1, 0.15) is 30.7 Å². The van der Waals surface area contributed by atoms with Crippen LogP contribution in [-0.2, 0) is 11.3 Å². The van der Waals surface area contributed by atoms with Gasteiger partial charge in [-0.15, -0.1) is 0 Å². The molecule has 1 unspecified atom stereocenters. The van der Waals surface area contributed by atoms with Crippen LogP contribution in [0.25, 0.3) is 0 Å². The number of hydrogen-bond donors (Lipinski definition) is 1. The van der Waals surface area contributed by atoms with Gasteiger partial charge in [-0.2, -0.15) is 0 Å². The van der Waals surface area contributed by atoms with Gasteiger partial charge in [0.2, 0.25) is 0 Å². The summed E-state index contributed by atoms with van der Waals surface area (Å²) < 4.78 is 5.30. The fourth-order valence-corrected chi connectivity index (χ4v) is 1.85. The molecular formula is C13H21N3O3.